The molecule has 0 aromatic rings. The lowest BCUT2D eigenvalue weighted by Crippen LogP contribution is -2.40. The second kappa shape index (κ2) is 13.5. The maximum absolute atomic E-state index is 6.23. The van der Waals surface area contributed by atoms with Gasteiger partial charge >= 0.3 is 0 Å². The highest BCUT2D eigenvalue weighted by Gasteiger charge is 2.36. The molecule has 23 heavy (non-hydrogen) atoms. The third-order valence-corrected chi connectivity index (χ3v) is 10.1. The zero-order valence-corrected chi connectivity index (χ0v) is 18.3. The van der Waals surface area contributed by atoms with Crippen LogP contribution in [0.25, 0.3) is 0 Å². The van der Waals surface area contributed by atoms with Crippen LogP contribution in [0, 0.1) is 0 Å². The molecule has 0 amide bonds. The number of hydrogen-bond acceptors (Lipinski definition) is 1. The minimum Gasteiger partial charge on any atom is -0.417 e. The highest BCUT2D eigenvalue weighted by atomic mass is 28.4. The van der Waals surface area contributed by atoms with Gasteiger partial charge in [-0.2, -0.15) is 0 Å². The van der Waals surface area contributed by atoms with Crippen LogP contribution in [0.1, 0.15) is 111 Å². The first-order valence-corrected chi connectivity index (χ1v) is 13.4. The summed E-state index contributed by atoms with van der Waals surface area (Å²) in [4.78, 5) is 0. The summed E-state index contributed by atoms with van der Waals surface area (Å²) < 4.78 is 6.23. The number of rotatable bonds is 15. The van der Waals surface area contributed by atoms with E-state index in [1.165, 1.54) is 83.5 Å². The Morgan fingerprint density at radius 3 is 1.30 bits per heavy atom. The predicted molar refractivity (Wildman–Crippen MR) is 109 cm³/mol. The van der Waals surface area contributed by atoms with Crippen molar-refractivity contribution >= 4 is 8.32 Å². The van der Waals surface area contributed by atoms with Gasteiger partial charge in [0.25, 0.3) is 0 Å². The van der Waals surface area contributed by atoms with Crippen molar-refractivity contribution in [2.45, 2.75) is 129 Å². The zero-order chi connectivity index (χ0) is 17.6. The minimum atomic E-state index is -1.51. The fourth-order valence-corrected chi connectivity index (χ4v) is 3.75. The van der Waals surface area contributed by atoms with Gasteiger partial charge in [-0.3, -0.25) is 0 Å². The van der Waals surface area contributed by atoms with Crippen molar-refractivity contribution in [3.8, 4) is 0 Å². The largest absolute Gasteiger partial charge is 0.417 e. The van der Waals surface area contributed by atoms with Crippen molar-refractivity contribution in [3.05, 3.63) is 0 Å². The standard InChI is InChI=1S/C21H46OSi/c1-7-8-9-10-11-12-13-14-15-16-17-18-19-20-22-23(5,6)21(2,3)4/h7-20H2,1-6H3. The Balaban J connectivity index is 3.25. The topological polar surface area (TPSA) is 9.23 Å². The van der Waals surface area contributed by atoms with Gasteiger partial charge in [0, 0.05) is 6.61 Å². The molecule has 0 N–H and O–H groups in total. The summed E-state index contributed by atoms with van der Waals surface area (Å²) >= 11 is 0. The first-order chi connectivity index (χ1) is 10.8. The average Bonchev–Trinajstić information content (AvgIpc) is 2.46. The van der Waals surface area contributed by atoms with Crippen molar-refractivity contribution in [2.24, 2.45) is 0 Å². The van der Waals surface area contributed by atoms with E-state index in [2.05, 4.69) is 40.8 Å². The Morgan fingerprint density at radius 1 is 0.609 bits per heavy atom. The smallest absolute Gasteiger partial charge is 0.191 e. The van der Waals surface area contributed by atoms with Gasteiger partial charge in [0.1, 0.15) is 0 Å². The van der Waals surface area contributed by atoms with Crippen LogP contribution in [-0.2, 0) is 4.43 Å². The summed E-state index contributed by atoms with van der Waals surface area (Å²) in [5, 5.41) is 0.351. The van der Waals surface area contributed by atoms with E-state index < -0.39 is 8.32 Å². The molecule has 1 nitrogen and oxygen atoms in total. The van der Waals surface area contributed by atoms with Crippen LogP contribution in [0.3, 0.4) is 0 Å². The Morgan fingerprint density at radius 2 is 0.957 bits per heavy atom. The van der Waals surface area contributed by atoms with Crippen LogP contribution >= 0.6 is 0 Å². The van der Waals surface area contributed by atoms with Gasteiger partial charge in [-0.05, 0) is 24.6 Å². The predicted octanol–water partition coefficient (Wildman–Crippen LogP) is 8.10. The van der Waals surface area contributed by atoms with E-state index in [0.29, 0.717) is 5.04 Å². The summed E-state index contributed by atoms with van der Waals surface area (Å²) in [6, 6.07) is 0. The van der Waals surface area contributed by atoms with Crippen molar-refractivity contribution < 1.29 is 4.43 Å². The van der Waals surface area contributed by atoms with Crippen molar-refractivity contribution in [3.63, 3.8) is 0 Å². The first kappa shape index (κ1) is 23.2. The summed E-state index contributed by atoms with van der Waals surface area (Å²) in [7, 11) is -1.51. The van der Waals surface area contributed by atoms with Crippen molar-refractivity contribution in [2.75, 3.05) is 6.61 Å². The molecular weight excluding hydrogens is 296 g/mol. The van der Waals surface area contributed by atoms with E-state index >= 15 is 0 Å². The number of hydrogen-bond donors (Lipinski definition) is 0. The molecule has 0 heterocycles. The summed E-state index contributed by atoms with van der Waals surface area (Å²) in [6.45, 7) is 15.0. The van der Waals surface area contributed by atoms with Crippen LogP contribution in [0.4, 0.5) is 0 Å². The molecule has 0 fully saturated rings. The van der Waals surface area contributed by atoms with Crippen LogP contribution < -0.4 is 0 Å². The molecule has 0 saturated carbocycles. The third kappa shape index (κ3) is 13.2. The van der Waals surface area contributed by atoms with E-state index in [4.69, 9.17) is 4.43 Å². The second-order valence-electron chi connectivity index (χ2n) is 8.85. The zero-order valence-electron chi connectivity index (χ0n) is 17.3. The quantitative estimate of drug-likeness (QED) is 0.216. The summed E-state index contributed by atoms with van der Waals surface area (Å²) in [5.74, 6) is 0. The summed E-state index contributed by atoms with van der Waals surface area (Å²) in [5.41, 5.74) is 0. The van der Waals surface area contributed by atoms with Crippen LogP contribution in [-0.4, -0.2) is 14.9 Å². The van der Waals surface area contributed by atoms with Gasteiger partial charge in [-0.15, -0.1) is 0 Å². The lowest BCUT2D eigenvalue weighted by Gasteiger charge is -2.36. The first-order valence-electron chi connectivity index (χ1n) is 10.4. The molecule has 0 aliphatic carbocycles. The van der Waals surface area contributed by atoms with Gasteiger partial charge < -0.3 is 4.43 Å². The Labute approximate surface area is 149 Å². The molecule has 0 bridgehead atoms. The summed E-state index contributed by atoms with van der Waals surface area (Å²) in [6.07, 6.45) is 18.4. The lowest BCUT2D eigenvalue weighted by atomic mass is 10.0. The van der Waals surface area contributed by atoms with Crippen molar-refractivity contribution in [1.82, 2.24) is 0 Å². The molecular formula is C21H46OSi. The second-order valence-corrected chi connectivity index (χ2v) is 13.7. The molecule has 0 aliphatic rings. The Kier molecular flexibility index (Phi) is 13.6. The highest BCUT2D eigenvalue weighted by molar-refractivity contribution is 6.74. The molecule has 0 saturated heterocycles. The van der Waals surface area contributed by atoms with E-state index in [-0.39, 0.29) is 0 Å². The van der Waals surface area contributed by atoms with Crippen molar-refractivity contribution in [1.29, 1.82) is 0 Å². The van der Waals surface area contributed by atoms with Gasteiger partial charge in [0.2, 0.25) is 0 Å². The molecule has 0 spiro atoms. The SMILES string of the molecule is CCCCCCCCCCCCCCCO[Si](C)(C)C(C)(C)C. The van der Waals surface area contributed by atoms with E-state index in [1.54, 1.807) is 0 Å². The number of unbranched alkanes of at least 4 members (excludes halogenated alkanes) is 12. The lowest BCUT2D eigenvalue weighted by molar-refractivity contribution is 0.277. The fourth-order valence-electron chi connectivity index (χ4n) is 2.66. The van der Waals surface area contributed by atoms with E-state index in [0.717, 1.165) is 6.61 Å². The Hall–Kier alpha value is 0.177. The fraction of sp³-hybridized carbons (Fsp3) is 1.00. The van der Waals surface area contributed by atoms with Crippen LogP contribution in [0.15, 0.2) is 0 Å². The average molecular weight is 343 g/mol. The van der Waals surface area contributed by atoms with Gasteiger partial charge in [0.15, 0.2) is 8.32 Å². The monoisotopic (exact) mass is 342 g/mol. The van der Waals surface area contributed by atoms with Crippen LogP contribution in [0.5, 0.6) is 0 Å². The molecule has 140 valence electrons. The maximum atomic E-state index is 6.23. The third-order valence-electron chi connectivity index (χ3n) is 5.52. The molecule has 0 atom stereocenters. The maximum Gasteiger partial charge on any atom is 0.191 e. The molecule has 2 heteroatoms. The molecule has 0 radical (unpaired) electrons. The molecule has 0 aromatic heterocycles. The van der Waals surface area contributed by atoms with Crippen LogP contribution in [0.2, 0.25) is 18.1 Å². The van der Waals surface area contributed by atoms with Gasteiger partial charge in [0.05, 0.1) is 0 Å². The van der Waals surface area contributed by atoms with Gasteiger partial charge in [-0.25, -0.2) is 0 Å². The van der Waals surface area contributed by atoms with E-state index in [9.17, 15) is 0 Å². The molecule has 0 unspecified atom stereocenters. The normalized spacial score (nSPS) is 12.8. The van der Waals surface area contributed by atoms with Gasteiger partial charge in [-0.1, -0.05) is 105 Å². The van der Waals surface area contributed by atoms with E-state index in [1.807, 2.05) is 0 Å². The molecule has 0 aliphatic heterocycles. The Bertz CT molecular complexity index is 255. The molecule has 0 aromatic carbocycles. The highest BCUT2D eigenvalue weighted by Crippen LogP contribution is 2.36. The molecule has 0 rings (SSSR count). The minimum absolute atomic E-state index is 0.351.